The second-order valence-electron chi connectivity index (χ2n) is 4.96. The zero-order valence-corrected chi connectivity index (χ0v) is 13.8. The molecule has 0 unspecified atom stereocenters. The van der Waals surface area contributed by atoms with E-state index in [1.807, 2.05) is 7.05 Å². The van der Waals surface area contributed by atoms with Gasteiger partial charge in [-0.25, -0.2) is 8.42 Å². The average molecular weight is 325 g/mol. The Morgan fingerprint density at radius 1 is 1.29 bits per heavy atom. The van der Waals surface area contributed by atoms with Crippen molar-refractivity contribution >= 4 is 21.2 Å². The van der Waals surface area contributed by atoms with Crippen molar-refractivity contribution in [3.8, 4) is 5.75 Å². The van der Waals surface area contributed by atoms with Crippen LogP contribution in [-0.2, 0) is 16.4 Å². The summed E-state index contributed by atoms with van der Waals surface area (Å²) in [7, 11) is -1.15. The van der Waals surface area contributed by atoms with Gasteiger partial charge in [0.1, 0.15) is 12.4 Å². The Bertz CT molecular complexity index is 666. The summed E-state index contributed by atoms with van der Waals surface area (Å²) in [4.78, 5) is 2.45. The minimum absolute atomic E-state index is 0.284. The zero-order chi connectivity index (χ0) is 15.3. The van der Waals surface area contributed by atoms with Crippen LogP contribution in [0.4, 0.5) is 0 Å². The van der Waals surface area contributed by atoms with Crippen LogP contribution in [0.25, 0.3) is 0 Å². The van der Waals surface area contributed by atoms with E-state index in [-0.39, 0.29) is 4.90 Å². The van der Waals surface area contributed by atoms with Gasteiger partial charge in [-0.05, 0) is 47.6 Å². The van der Waals surface area contributed by atoms with Crippen molar-refractivity contribution in [2.45, 2.75) is 11.4 Å². The molecule has 0 aliphatic rings. The Balaban J connectivity index is 1.83. The lowest BCUT2D eigenvalue weighted by molar-refractivity contribution is 0.232. The average Bonchev–Trinajstić information content (AvgIpc) is 2.91. The molecule has 0 amide bonds. The van der Waals surface area contributed by atoms with Crippen LogP contribution >= 0.6 is 11.3 Å². The number of nitrogens with zero attached hydrogens (tertiary/aromatic N) is 1. The Labute approximate surface area is 129 Å². The van der Waals surface area contributed by atoms with Crippen molar-refractivity contribution in [1.29, 1.82) is 0 Å². The monoisotopic (exact) mass is 325 g/mol. The van der Waals surface area contributed by atoms with Crippen molar-refractivity contribution in [3.63, 3.8) is 0 Å². The molecule has 0 atom stereocenters. The highest BCUT2D eigenvalue weighted by atomic mass is 32.2. The van der Waals surface area contributed by atoms with E-state index in [1.165, 1.54) is 11.8 Å². The zero-order valence-electron chi connectivity index (χ0n) is 12.2. The van der Waals surface area contributed by atoms with Gasteiger partial charge < -0.3 is 4.74 Å². The molecular formula is C15H19NO3S2. The normalized spacial score (nSPS) is 11.8. The van der Waals surface area contributed by atoms with E-state index in [4.69, 9.17) is 4.74 Å². The molecule has 0 spiro atoms. The highest BCUT2D eigenvalue weighted by molar-refractivity contribution is 7.90. The fourth-order valence-corrected chi connectivity index (χ4v) is 3.20. The van der Waals surface area contributed by atoms with Gasteiger partial charge in [0.05, 0.1) is 4.90 Å². The highest BCUT2D eigenvalue weighted by Gasteiger charge is 2.08. The van der Waals surface area contributed by atoms with Crippen molar-refractivity contribution in [2.24, 2.45) is 0 Å². The highest BCUT2D eigenvalue weighted by Crippen LogP contribution is 2.17. The summed E-state index contributed by atoms with van der Waals surface area (Å²) in [5.74, 6) is 0.585. The van der Waals surface area contributed by atoms with E-state index in [0.29, 0.717) is 12.4 Å². The number of rotatable bonds is 7. The van der Waals surface area contributed by atoms with E-state index in [9.17, 15) is 8.42 Å². The minimum atomic E-state index is -3.19. The summed E-state index contributed by atoms with van der Waals surface area (Å²) >= 11 is 1.69. The van der Waals surface area contributed by atoms with Gasteiger partial charge in [-0.2, -0.15) is 11.3 Å². The molecule has 21 heavy (non-hydrogen) atoms. The van der Waals surface area contributed by atoms with E-state index < -0.39 is 9.84 Å². The van der Waals surface area contributed by atoms with Crippen molar-refractivity contribution in [3.05, 3.63) is 46.7 Å². The van der Waals surface area contributed by atoms with Crippen LogP contribution in [0.1, 0.15) is 5.56 Å². The molecule has 0 radical (unpaired) electrons. The Hall–Kier alpha value is -1.37. The first-order valence-corrected chi connectivity index (χ1v) is 9.41. The van der Waals surface area contributed by atoms with Gasteiger partial charge in [-0.3, -0.25) is 4.90 Å². The molecule has 1 aromatic heterocycles. The number of likely N-dealkylation sites (N-methyl/N-ethyl adjacent to an activating group) is 1. The smallest absolute Gasteiger partial charge is 0.175 e. The molecule has 0 aliphatic carbocycles. The first kappa shape index (κ1) is 16.0. The van der Waals surface area contributed by atoms with Crippen molar-refractivity contribution < 1.29 is 13.2 Å². The van der Waals surface area contributed by atoms with Crippen molar-refractivity contribution in [1.82, 2.24) is 4.90 Å². The summed E-state index contributed by atoms with van der Waals surface area (Å²) in [6.45, 7) is 2.18. The second-order valence-corrected chi connectivity index (χ2v) is 7.76. The molecule has 1 aromatic carbocycles. The van der Waals surface area contributed by atoms with Gasteiger partial charge >= 0.3 is 0 Å². The molecule has 0 aliphatic heterocycles. The summed E-state index contributed by atoms with van der Waals surface area (Å²) in [5.41, 5.74) is 1.29. The first-order valence-electron chi connectivity index (χ1n) is 6.58. The van der Waals surface area contributed by atoms with E-state index in [0.717, 1.165) is 13.1 Å². The van der Waals surface area contributed by atoms with Gasteiger partial charge in [-0.15, -0.1) is 0 Å². The lowest BCUT2D eigenvalue weighted by Gasteiger charge is -2.16. The van der Waals surface area contributed by atoms with Gasteiger partial charge in [0.25, 0.3) is 0 Å². The number of sulfone groups is 1. The standard InChI is InChI=1S/C15H19NO3S2/c1-16(11-13-6-9-20-12-13)7-8-19-14-4-3-5-15(10-14)21(2,17)18/h3-6,9-10,12H,7-8,11H2,1-2H3. The quantitative estimate of drug-likeness (QED) is 0.785. The molecule has 1 heterocycles. The molecule has 114 valence electrons. The Morgan fingerprint density at radius 2 is 2.10 bits per heavy atom. The maximum absolute atomic E-state index is 11.5. The van der Waals surface area contributed by atoms with Crippen LogP contribution in [0.5, 0.6) is 5.75 Å². The number of hydrogen-bond acceptors (Lipinski definition) is 5. The molecule has 0 fully saturated rings. The molecule has 2 aromatic rings. The molecule has 0 saturated heterocycles. The topological polar surface area (TPSA) is 46.6 Å². The van der Waals surface area contributed by atoms with Gasteiger partial charge in [0.2, 0.25) is 0 Å². The van der Waals surface area contributed by atoms with Gasteiger partial charge in [0, 0.05) is 19.3 Å². The largest absolute Gasteiger partial charge is 0.492 e. The number of benzene rings is 1. The van der Waals surface area contributed by atoms with Crippen LogP contribution in [0.15, 0.2) is 46.0 Å². The molecule has 0 saturated carbocycles. The maximum Gasteiger partial charge on any atom is 0.175 e. The third kappa shape index (κ3) is 5.15. The SMILES string of the molecule is CN(CCOc1cccc(S(C)(=O)=O)c1)Cc1ccsc1. The fourth-order valence-electron chi connectivity index (χ4n) is 1.89. The lowest BCUT2D eigenvalue weighted by atomic mass is 10.3. The second kappa shape index (κ2) is 7.06. The van der Waals surface area contributed by atoms with Crippen LogP contribution in [-0.4, -0.2) is 39.8 Å². The van der Waals surface area contributed by atoms with Gasteiger partial charge in [-0.1, -0.05) is 6.07 Å². The third-order valence-corrected chi connectivity index (χ3v) is 4.85. The van der Waals surface area contributed by atoms with E-state index in [1.54, 1.807) is 35.6 Å². The van der Waals surface area contributed by atoms with Crippen LogP contribution in [0.3, 0.4) is 0 Å². The summed E-state index contributed by atoms with van der Waals surface area (Å²) in [5, 5.41) is 4.20. The van der Waals surface area contributed by atoms with E-state index >= 15 is 0 Å². The van der Waals surface area contributed by atoms with E-state index in [2.05, 4.69) is 21.7 Å². The lowest BCUT2D eigenvalue weighted by Crippen LogP contribution is -2.23. The van der Waals surface area contributed by atoms with Crippen molar-refractivity contribution in [2.75, 3.05) is 26.5 Å². The summed E-state index contributed by atoms with van der Waals surface area (Å²) in [6.07, 6.45) is 1.20. The predicted molar refractivity (Wildman–Crippen MR) is 85.7 cm³/mol. The first-order chi connectivity index (χ1) is 9.95. The molecule has 6 heteroatoms. The Kier molecular flexibility index (Phi) is 5.39. The summed E-state index contributed by atoms with van der Waals surface area (Å²) < 4.78 is 28.6. The third-order valence-electron chi connectivity index (χ3n) is 3.01. The van der Waals surface area contributed by atoms with Crippen LogP contribution in [0.2, 0.25) is 0 Å². The number of ether oxygens (including phenoxy) is 1. The number of thiophene rings is 1. The molecule has 2 rings (SSSR count). The maximum atomic E-state index is 11.5. The summed E-state index contributed by atoms with van der Waals surface area (Å²) in [6, 6.07) is 8.71. The Morgan fingerprint density at radius 3 is 2.76 bits per heavy atom. The number of hydrogen-bond donors (Lipinski definition) is 0. The fraction of sp³-hybridized carbons (Fsp3) is 0.333. The van der Waals surface area contributed by atoms with Gasteiger partial charge in [0.15, 0.2) is 9.84 Å². The predicted octanol–water partition coefficient (Wildman–Crippen LogP) is 2.66. The minimum Gasteiger partial charge on any atom is -0.492 e. The molecule has 4 nitrogen and oxygen atoms in total. The molecular weight excluding hydrogens is 306 g/mol. The van der Waals surface area contributed by atoms with Crippen LogP contribution < -0.4 is 4.74 Å². The van der Waals surface area contributed by atoms with Crippen LogP contribution in [0, 0.1) is 0 Å². The molecule has 0 bridgehead atoms. The molecule has 0 N–H and O–H groups in total.